The van der Waals surface area contributed by atoms with Crippen molar-refractivity contribution in [3.05, 3.63) is 24.0 Å². The van der Waals surface area contributed by atoms with Crippen LogP contribution in [-0.4, -0.2) is 34.4 Å². The number of nitrogens with two attached hydrogens (primary N) is 1. The van der Waals surface area contributed by atoms with E-state index in [1.807, 2.05) is 19.9 Å². The Morgan fingerprint density at radius 3 is 3.06 bits per heavy atom. The van der Waals surface area contributed by atoms with Crippen LogP contribution in [0.4, 0.5) is 5.69 Å². The van der Waals surface area contributed by atoms with Crippen LogP contribution in [0.25, 0.3) is 0 Å². The average molecular weight is 234 g/mol. The number of carbonyl (C=O) groups excluding carboxylic acids is 1. The fourth-order valence-corrected chi connectivity index (χ4v) is 2.00. The van der Waals surface area contributed by atoms with Crippen molar-refractivity contribution in [1.29, 1.82) is 0 Å². The lowest BCUT2D eigenvalue weighted by atomic mass is 9.98. The predicted octanol–water partition coefficient (Wildman–Crippen LogP) is 0.374. The molecule has 17 heavy (non-hydrogen) atoms. The summed E-state index contributed by atoms with van der Waals surface area (Å²) in [4.78, 5) is 18.2. The molecular formula is C12H18N4O. The molecule has 0 bridgehead atoms. The van der Waals surface area contributed by atoms with E-state index in [1.54, 1.807) is 12.3 Å². The highest BCUT2D eigenvalue weighted by Gasteiger charge is 2.37. The number of rotatable bonds is 2. The number of nitrogens with one attached hydrogen (secondary N) is 1. The molecule has 0 spiro atoms. The van der Waals surface area contributed by atoms with Gasteiger partial charge < -0.3 is 11.1 Å². The van der Waals surface area contributed by atoms with E-state index < -0.39 is 5.54 Å². The molecule has 0 aliphatic carbocycles. The van der Waals surface area contributed by atoms with Crippen molar-refractivity contribution in [1.82, 2.24) is 15.2 Å². The highest BCUT2D eigenvalue weighted by atomic mass is 16.2. The molecule has 0 aromatic carbocycles. The molecule has 0 saturated carbocycles. The molecule has 1 fully saturated rings. The van der Waals surface area contributed by atoms with Crippen molar-refractivity contribution < 1.29 is 4.79 Å². The van der Waals surface area contributed by atoms with Gasteiger partial charge in [-0.1, -0.05) is 0 Å². The molecule has 1 amide bonds. The number of hydrogen-bond donors (Lipinski definition) is 2. The van der Waals surface area contributed by atoms with Crippen molar-refractivity contribution in [2.75, 3.05) is 18.8 Å². The topological polar surface area (TPSA) is 71.2 Å². The van der Waals surface area contributed by atoms with Gasteiger partial charge in [0.2, 0.25) is 5.91 Å². The van der Waals surface area contributed by atoms with E-state index in [2.05, 4.69) is 15.2 Å². The third-order valence-electron chi connectivity index (χ3n) is 3.21. The fraction of sp³-hybridized carbons (Fsp3) is 0.500. The molecule has 2 rings (SSSR count). The van der Waals surface area contributed by atoms with Crippen LogP contribution in [0.15, 0.2) is 18.3 Å². The first-order valence-electron chi connectivity index (χ1n) is 5.74. The molecule has 5 nitrogen and oxygen atoms in total. The van der Waals surface area contributed by atoms with E-state index in [4.69, 9.17) is 5.73 Å². The second kappa shape index (κ2) is 4.33. The molecule has 1 aliphatic rings. The smallest absolute Gasteiger partial charge is 0.240 e. The van der Waals surface area contributed by atoms with Crippen molar-refractivity contribution in [2.24, 2.45) is 0 Å². The molecule has 0 atom stereocenters. The Balaban J connectivity index is 2.15. The molecule has 1 saturated heterocycles. The van der Waals surface area contributed by atoms with Crippen LogP contribution in [-0.2, 0) is 11.3 Å². The largest absolute Gasteiger partial charge is 0.399 e. The Labute approximate surface area is 101 Å². The monoisotopic (exact) mass is 234 g/mol. The second-order valence-electron chi connectivity index (χ2n) is 4.82. The van der Waals surface area contributed by atoms with Gasteiger partial charge in [-0.3, -0.25) is 14.7 Å². The van der Waals surface area contributed by atoms with Crippen LogP contribution < -0.4 is 11.1 Å². The molecule has 3 N–H and O–H groups in total. The molecular weight excluding hydrogens is 216 g/mol. The molecule has 5 heteroatoms. The van der Waals surface area contributed by atoms with Gasteiger partial charge in [0.1, 0.15) is 0 Å². The van der Waals surface area contributed by atoms with Crippen LogP contribution in [0.3, 0.4) is 0 Å². The lowest BCUT2D eigenvalue weighted by Crippen LogP contribution is -2.61. The summed E-state index contributed by atoms with van der Waals surface area (Å²) in [5.74, 6) is 0.0626. The molecule has 0 unspecified atom stereocenters. The number of anilines is 1. The van der Waals surface area contributed by atoms with Gasteiger partial charge in [-0.05, 0) is 26.0 Å². The summed E-state index contributed by atoms with van der Waals surface area (Å²) in [6.07, 6.45) is 1.70. The van der Waals surface area contributed by atoms with Gasteiger partial charge in [-0.2, -0.15) is 0 Å². The fourth-order valence-electron chi connectivity index (χ4n) is 2.00. The molecule has 1 aliphatic heterocycles. The summed E-state index contributed by atoms with van der Waals surface area (Å²) >= 11 is 0. The number of nitrogen functional groups attached to an aromatic ring is 1. The number of carbonyl (C=O) groups is 1. The van der Waals surface area contributed by atoms with E-state index in [1.165, 1.54) is 0 Å². The van der Waals surface area contributed by atoms with Crippen LogP contribution in [0.2, 0.25) is 0 Å². The third kappa shape index (κ3) is 2.39. The first-order chi connectivity index (χ1) is 8.00. The predicted molar refractivity (Wildman–Crippen MR) is 66.1 cm³/mol. The van der Waals surface area contributed by atoms with Crippen LogP contribution in [0, 0.1) is 0 Å². The Kier molecular flexibility index (Phi) is 3.02. The van der Waals surface area contributed by atoms with Gasteiger partial charge in [0, 0.05) is 31.5 Å². The van der Waals surface area contributed by atoms with Crippen molar-refractivity contribution in [2.45, 2.75) is 25.9 Å². The Morgan fingerprint density at radius 2 is 2.35 bits per heavy atom. The number of pyridine rings is 1. The SMILES string of the molecule is CC1(C)C(=O)NCCN1Cc1cc(N)ccn1. The molecule has 1 aromatic heterocycles. The number of aromatic nitrogens is 1. The van der Waals surface area contributed by atoms with E-state index in [9.17, 15) is 4.79 Å². The highest BCUT2D eigenvalue weighted by molar-refractivity contribution is 5.86. The summed E-state index contributed by atoms with van der Waals surface area (Å²) in [5.41, 5.74) is 6.82. The zero-order valence-electron chi connectivity index (χ0n) is 10.2. The minimum atomic E-state index is -0.496. The number of hydrogen-bond acceptors (Lipinski definition) is 4. The summed E-state index contributed by atoms with van der Waals surface area (Å²) < 4.78 is 0. The van der Waals surface area contributed by atoms with Gasteiger partial charge in [0.05, 0.1) is 11.2 Å². The molecule has 2 heterocycles. The van der Waals surface area contributed by atoms with Gasteiger partial charge in [0.25, 0.3) is 0 Å². The minimum absolute atomic E-state index is 0.0626. The van der Waals surface area contributed by atoms with Crippen molar-refractivity contribution in [3.8, 4) is 0 Å². The van der Waals surface area contributed by atoms with Crippen LogP contribution >= 0.6 is 0 Å². The lowest BCUT2D eigenvalue weighted by Gasteiger charge is -2.40. The maximum absolute atomic E-state index is 11.8. The quantitative estimate of drug-likeness (QED) is 0.775. The van der Waals surface area contributed by atoms with Crippen molar-refractivity contribution >= 4 is 11.6 Å². The molecule has 0 radical (unpaired) electrons. The summed E-state index contributed by atoms with van der Waals surface area (Å²) in [6, 6.07) is 3.61. The number of nitrogens with zero attached hydrogens (tertiary/aromatic N) is 2. The minimum Gasteiger partial charge on any atom is -0.399 e. The van der Waals surface area contributed by atoms with Gasteiger partial charge in [-0.15, -0.1) is 0 Å². The summed E-state index contributed by atoms with van der Waals surface area (Å²) in [7, 11) is 0. The maximum atomic E-state index is 11.8. The normalized spacial score (nSPS) is 20.0. The Bertz CT molecular complexity index is 430. The van der Waals surface area contributed by atoms with E-state index in [0.29, 0.717) is 18.8 Å². The van der Waals surface area contributed by atoms with Gasteiger partial charge in [-0.25, -0.2) is 0 Å². The third-order valence-corrected chi connectivity index (χ3v) is 3.21. The van der Waals surface area contributed by atoms with E-state index in [0.717, 1.165) is 12.2 Å². The maximum Gasteiger partial charge on any atom is 0.240 e. The summed E-state index contributed by atoms with van der Waals surface area (Å²) in [6.45, 7) is 6.01. The van der Waals surface area contributed by atoms with Gasteiger partial charge in [0.15, 0.2) is 0 Å². The highest BCUT2D eigenvalue weighted by Crippen LogP contribution is 2.20. The Hall–Kier alpha value is -1.62. The van der Waals surface area contributed by atoms with Crippen LogP contribution in [0.1, 0.15) is 19.5 Å². The Morgan fingerprint density at radius 1 is 1.59 bits per heavy atom. The van der Waals surface area contributed by atoms with Crippen molar-refractivity contribution in [3.63, 3.8) is 0 Å². The van der Waals surface area contributed by atoms with E-state index >= 15 is 0 Å². The zero-order chi connectivity index (χ0) is 12.5. The number of piperazine rings is 1. The molecule has 1 aromatic rings. The second-order valence-corrected chi connectivity index (χ2v) is 4.82. The number of amides is 1. The zero-order valence-corrected chi connectivity index (χ0v) is 10.2. The average Bonchev–Trinajstić information content (AvgIpc) is 2.25. The first kappa shape index (κ1) is 11.9. The summed E-state index contributed by atoms with van der Waals surface area (Å²) in [5, 5.41) is 2.87. The van der Waals surface area contributed by atoms with Crippen LogP contribution in [0.5, 0.6) is 0 Å². The molecule has 92 valence electrons. The van der Waals surface area contributed by atoms with Gasteiger partial charge >= 0.3 is 0 Å². The first-order valence-corrected chi connectivity index (χ1v) is 5.74. The standard InChI is InChI=1S/C12H18N4O/c1-12(2)11(17)15-5-6-16(12)8-10-7-9(13)3-4-14-10/h3-4,7H,5-6,8H2,1-2H3,(H2,13,14)(H,15,17). The lowest BCUT2D eigenvalue weighted by molar-refractivity contribution is -0.135. The van der Waals surface area contributed by atoms with E-state index in [-0.39, 0.29) is 5.91 Å².